The first-order valence-corrected chi connectivity index (χ1v) is 2.41. The van der Waals surface area contributed by atoms with Crippen molar-refractivity contribution in [1.29, 1.82) is 0 Å². The van der Waals surface area contributed by atoms with Gasteiger partial charge in [-0.25, -0.2) is 0 Å². The third-order valence-electron chi connectivity index (χ3n) is 0.718. The van der Waals surface area contributed by atoms with Crippen LogP contribution in [-0.2, 0) is 4.79 Å². The number of carbonyl (C=O) groups is 1. The van der Waals surface area contributed by atoms with E-state index in [1.165, 1.54) is 0 Å². The third kappa shape index (κ3) is 11.7. The molecule has 0 saturated carbocycles. The SMILES string of the molecule is NC(=O)CC[B-](F)(F)F.[K+]. The van der Waals surface area contributed by atoms with E-state index in [4.69, 9.17) is 0 Å². The molecule has 0 aliphatic rings. The molecule has 1 amide bonds. The Morgan fingerprint density at radius 1 is 1.40 bits per heavy atom. The molecule has 0 atom stereocenters. The average molecular weight is 179 g/mol. The summed E-state index contributed by atoms with van der Waals surface area (Å²) in [5.41, 5.74) is 4.47. The summed E-state index contributed by atoms with van der Waals surface area (Å²) in [7, 11) is 0. The zero-order valence-electron chi connectivity index (χ0n) is 5.61. The van der Waals surface area contributed by atoms with E-state index in [1.54, 1.807) is 0 Å². The molecule has 0 aromatic carbocycles. The van der Waals surface area contributed by atoms with Gasteiger partial charge in [0.25, 0.3) is 0 Å². The van der Waals surface area contributed by atoms with E-state index in [9.17, 15) is 17.7 Å². The van der Waals surface area contributed by atoms with Crippen LogP contribution in [0.4, 0.5) is 12.9 Å². The van der Waals surface area contributed by atoms with E-state index in [0.717, 1.165) is 0 Å². The van der Waals surface area contributed by atoms with Crippen LogP contribution in [0, 0.1) is 0 Å². The fraction of sp³-hybridized carbons (Fsp3) is 0.667. The molecule has 0 heterocycles. The molecular weight excluding hydrogens is 173 g/mol. The van der Waals surface area contributed by atoms with Gasteiger partial charge in [0.1, 0.15) is 0 Å². The van der Waals surface area contributed by atoms with E-state index in [-0.39, 0.29) is 51.4 Å². The molecule has 2 N–H and O–H groups in total. The van der Waals surface area contributed by atoms with E-state index in [1.807, 2.05) is 0 Å². The van der Waals surface area contributed by atoms with Crippen LogP contribution in [0.3, 0.4) is 0 Å². The predicted octanol–water partition coefficient (Wildman–Crippen LogP) is -2.29. The van der Waals surface area contributed by atoms with Gasteiger partial charge in [0.15, 0.2) is 0 Å². The fourth-order valence-electron chi connectivity index (χ4n) is 0.306. The topological polar surface area (TPSA) is 43.1 Å². The van der Waals surface area contributed by atoms with E-state index in [2.05, 4.69) is 5.73 Å². The Hall–Kier alpha value is 0.961. The van der Waals surface area contributed by atoms with Crippen molar-refractivity contribution >= 4 is 12.9 Å². The van der Waals surface area contributed by atoms with Gasteiger partial charge >= 0.3 is 58.4 Å². The normalized spacial score (nSPS) is 10.3. The van der Waals surface area contributed by atoms with Crippen molar-refractivity contribution in [3.8, 4) is 0 Å². The van der Waals surface area contributed by atoms with Gasteiger partial charge in [-0.3, -0.25) is 4.79 Å². The Kier molecular flexibility index (Phi) is 7.57. The summed E-state index contributed by atoms with van der Waals surface area (Å²) < 4.78 is 33.8. The molecule has 0 rings (SSSR count). The van der Waals surface area contributed by atoms with Crippen LogP contribution in [0.25, 0.3) is 0 Å². The fourth-order valence-corrected chi connectivity index (χ4v) is 0.306. The molecule has 0 spiro atoms. The van der Waals surface area contributed by atoms with Crippen molar-refractivity contribution < 1.29 is 69.1 Å². The first-order chi connectivity index (χ1) is 3.92. The number of halogens is 3. The number of primary amides is 1. The van der Waals surface area contributed by atoms with Crippen molar-refractivity contribution in [2.45, 2.75) is 12.7 Å². The van der Waals surface area contributed by atoms with Gasteiger partial charge in [-0.1, -0.05) is 6.32 Å². The van der Waals surface area contributed by atoms with Crippen molar-refractivity contribution in [3.63, 3.8) is 0 Å². The number of hydrogen-bond acceptors (Lipinski definition) is 1. The molecule has 2 nitrogen and oxygen atoms in total. The zero-order chi connectivity index (χ0) is 7.49. The van der Waals surface area contributed by atoms with Crippen LogP contribution in [-0.4, -0.2) is 12.9 Å². The van der Waals surface area contributed by atoms with E-state index < -0.39 is 25.6 Å². The molecule has 0 aromatic rings. The van der Waals surface area contributed by atoms with E-state index >= 15 is 0 Å². The predicted molar refractivity (Wildman–Crippen MR) is 27.7 cm³/mol. The summed E-state index contributed by atoms with van der Waals surface area (Å²) in [4.78, 5) is 9.78. The standard InChI is InChI=1S/C3H6BF3NO.K/c5-4(6,7)2-1-3(8)9;/h1-2H2,(H2,8,9);/q-1;+1. The summed E-state index contributed by atoms with van der Waals surface area (Å²) in [6.45, 7) is -4.83. The molecule has 0 aromatic heterocycles. The van der Waals surface area contributed by atoms with E-state index in [0.29, 0.717) is 0 Å². The van der Waals surface area contributed by atoms with Crippen LogP contribution in [0.2, 0.25) is 6.32 Å². The third-order valence-corrected chi connectivity index (χ3v) is 0.718. The Morgan fingerprint density at radius 2 is 1.80 bits per heavy atom. The molecule has 0 radical (unpaired) electrons. The number of rotatable bonds is 3. The van der Waals surface area contributed by atoms with Gasteiger partial charge in [-0.05, 0) is 0 Å². The molecule has 0 fully saturated rings. The largest absolute Gasteiger partial charge is 1.00 e. The van der Waals surface area contributed by atoms with Gasteiger partial charge < -0.3 is 18.7 Å². The molecular formula is C3H6BF3KNO. The average Bonchev–Trinajstić information content (AvgIpc) is 1.59. The van der Waals surface area contributed by atoms with Crippen LogP contribution in [0.15, 0.2) is 0 Å². The van der Waals surface area contributed by atoms with Gasteiger partial charge in [-0.2, -0.15) is 0 Å². The maximum Gasteiger partial charge on any atom is 1.00 e. The number of carbonyl (C=O) groups excluding carboxylic acids is 1. The molecule has 0 aliphatic heterocycles. The minimum atomic E-state index is -4.83. The Bertz CT molecular complexity index is 117. The minimum absolute atomic E-state index is 0. The number of amides is 1. The molecule has 0 saturated heterocycles. The minimum Gasteiger partial charge on any atom is -0.449 e. The van der Waals surface area contributed by atoms with Gasteiger partial charge in [0.2, 0.25) is 5.91 Å². The summed E-state index contributed by atoms with van der Waals surface area (Å²) in [5.74, 6) is -0.908. The maximum absolute atomic E-state index is 11.3. The monoisotopic (exact) mass is 179 g/mol. The summed E-state index contributed by atoms with van der Waals surface area (Å²) >= 11 is 0. The van der Waals surface area contributed by atoms with Crippen LogP contribution < -0.4 is 57.1 Å². The molecule has 54 valence electrons. The number of hydrogen-bond donors (Lipinski definition) is 1. The Morgan fingerprint density at radius 3 is 1.90 bits per heavy atom. The Balaban J connectivity index is 0. The molecule has 0 unspecified atom stereocenters. The van der Waals surface area contributed by atoms with Crippen molar-refractivity contribution in [1.82, 2.24) is 0 Å². The van der Waals surface area contributed by atoms with Gasteiger partial charge in [0, 0.05) is 6.42 Å². The summed E-state index contributed by atoms with van der Waals surface area (Å²) in [5, 5.41) is 0. The first kappa shape index (κ1) is 13.5. The zero-order valence-corrected chi connectivity index (χ0v) is 8.73. The maximum atomic E-state index is 11.3. The second-order valence-corrected chi connectivity index (χ2v) is 1.72. The molecule has 7 heteroatoms. The number of nitrogens with two attached hydrogens (primary N) is 1. The van der Waals surface area contributed by atoms with Crippen molar-refractivity contribution in [2.75, 3.05) is 0 Å². The molecule has 0 bridgehead atoms. The van der Waals surface area contributed by atoms with Crippen LogP contribution in [0.1, 0.15) is 6.42 Å². The first-order valence-electron chi connectivity index (χ1n) is 2.41. The molecule has 0 aliphatic carbocycles. The smallest absolute Gasteiger partial charge is 0.449 e. The second kappa shape index (κ2) is 5.59. The van der Waals surface area contributed by atoms with Gasteiger partial charge in [0.05, 0.1) is 0 Å². The van der Waals surface area contributed by atoms with Crippen molar-refractivity contribution in [3.05, 3.63) is 0 Å². The van der Waals surface area contributed by atoms with Crippen molar-refractivity contribution in [2.24, 2.45) is 5.73 Å². The van der Waals surface area contributed by atoms with Crippen LogP contribution >= 0.6 is 0 Å². The second-order valence-electron chi connectivity index (χ2n) is 1.72. The summed E-state index contributed by atoms with van der Waals surface area (Å²) in [6, 6.07) is 0. The molecule has 10 heavy (non-hydrogen) atoms. The summed E-state index contributed by atoms with van der Waals surface area (Å²) in [6.07, 6.45) is -1.65. The van der Waals surface area contributed by atoms with Crippen LogP contribution in [0.5, 0.6) is 0 Å². The quantitative estimate of drug-likeness (QED) is 0.487. The Labute approximate surface area is 99.2 Å². The van der Waals surface area contributed by atoms with Gasteiger partial charge in [-0.15, -0.1) is 0 Å².